The van der Waals surface area contributed by atoms with Crippen LogP contribution in [0.15, 0.2) is 42.7 Å². The second-order valence-corrected chi connectivity index (χ2v) is 6.53. The fourth-order valence-corrected chi connectivity index (χ4v) is 3.37. The van der Waals surface area contributed by atoms with Crippen molar-refractivity contribution in [1.82, 2.24) is 15.6 Å². The molecule has 3 rings (SSSR count). The predicted molar refractivity (Wildman–Crippen MR) is 97.0 cm³/mol. The molecule has 0 radical (unpaired) electrons. The van der Waals surface area contributed by atoms with Crippen molar-refractivity contribution in [1.29, 1.82) is 0 Å². The van der Waals surface area contributed by atoms with Gasteiger partial charge in [0.25, 0.3) is 0 Å². The van der Waals surface area contributed by atoms with Crippen LogP contribution in [0.5, 0.6) is 11.5 Å². The summed E-state index contributed by atoms with van der Waals surface area (Å²) in [7, 11) is 2.62. The third-order valence-corrected chi connectivity index (χ3v) is 4.81. The van der Waals surface area contributed by atoms with Gasteiger partial charge in [-0.3, -0.25) is 9.78 Å². The van der Waals surface area contributed by atoms with Crippen LogP contribution in [0.4, 0.5) is 18.0 Å². The van der Waals surface area contributed by atoms with E-state index in [1.54, 1.807) is 0 Å². The minimum atomic E-state index is -5.36. The van der Waals surface area contributed by atoms with Gasteiger partial charge in [-0.1, -0.05) is 0 Å². The first-order valence-electron chi connectivity index (χ1n) is 8.66. The van der Waals surface area contributed by atoms with Gasteiger partial charge >= 0.3 is 12.2 Å². The molecule has 2 heterocycles. The zero-order valence-electron chi connectivity index (χ0n) is 15.9. The first kappa shape index (κ1) is 21.4. The maximum Gasteiger partial charge on any atom is 0.437 e. The number of nitrogens with one attached hydrogen (secondary N) is 2. The monoisotopic (exact) mass is 425 g/mol. The molecule has 3 N–H and O–H groups in total. The van der Waals surface area contributed by atoms with Crippen molar-refractivity contribution in [2.24, 2.45) is 5.92 Å². The second-order valence-electron chi connectivity index (χ2n) is 6.53. The van der Waals surface area contributed by atoms with E-state index in [-0.39, 0.29) is 22.6 Å². The third kappa shape index (κ3) is 3.63. The third-order valence-electron chi connectivity index (χ3n) is 4.81. The standard InChI is InChI=1S/C19H18F3N3O5/c1-29-11-5-6-13(30-2)12(8-11)15-14(16(26)10-4-3-7-23-9-10)18(28,19(20,21)22)25-17(27)24-15/h3-9,14-15,28H,1-2H3,(H2,24,25,27)/t14-,15-,18+/m0/s1. The van der Waals surface area contributed by atoms with Crippen LogP contribution < -0.4 is 20.1 Å². The molecule has 11 heteroatoms. The van der Waals surface area contributed by atoms with Crippen molar-refractivity contribution in [3.63, 3.8) is 0 Å². The number of carbonyl (C=O) groups excluding carboxylic acids is 2. The summed E-state index contributed by atoms with van der Waals surface area (Å²) in [5.74, 6) is -2.93. The van der Waals surface area contributed by atoms with E-state index in [9.17, 15) is 27.9 Å². The molecule has 1 aromatic heterocycles. The lowest BCUT2D eigenvalue weighted by molar-refractivity contribution is -0.287. The summed E-state index contributed by atoms with van der Waals surface area (Å²) in [6, 6.07) is 3.98. The molecule has 1 saturated heterocycles. The van der Waals surface area contributed by atoms with E-state index in [1.165, 1.54) is 56.1 Å². The Morgan fingerprint density at radius 2 is 1.97 bits per heavy atom. The van der Waals surface area contributed by atoms with Crippen LogP contribution in [0.25, 0.3) is 0 Å². The Morgan fingerprint density at radius 1 is 1.23 bits per heavy atom. The Bertz CT molecular complexity index is 954. The number of aromatic nitrogens is 1. The highest BCUT2D eigenvalue weighted by Gasteiger charge is 2.66. The minimum absolute atomic E-state index is 0.0246. The summed E-state index contributed by atoms with van der Waals surface area (Å²) in [5, 5.41) is 14.3. The molecule has 3 atom stereocenters. The van der Waals surface area contributed by atoms with Crippen molar-refractivity contribution in [3.8, 4) is 11.5 Å². The molecule has 1 aliphatic rings. The van der Waals surface area contributed by atoms with Gasteiger partial charge in [0.05, 0.1) is 20.3 Å². The highest BCUT2D eigenvalue weighted by Crippen LogP contribution is 2.46. The van der Waals surface area contributed by atoms with E-state index >= 15 is 0 Å². The quantitative estimate of drug-likeness (QED) is 0.634. The topological polar surface area (TPSA) is 110 Å². The van der Waals surface area contributed by atoms with E-state index in [0.717, 1.165) is 6.20 Å². The number of aliphatic hydroxyl groups is 1. The molecule has 0 aliphatic carbocycles. The van der Waals surface area contributed by atoms with Gasteiger partial charge in [0, 0.05) is 23.5 Å². The first-order chi connectivity index (χ1) is 14.1. The molecule has 160 valence electrons. The van der Waals surface area contributed by atoms with Crippen LogP contribution in [-0.4, -0.2) is 48.0 Å². The molecule has 8 nitrogen and oxygen atoms in total. The van der Waals surface area contributed by atoms with Crippen molar-refractivity contribution >= 4 is 11.8 Å². The average Bonchev–Trinajstić information content (AvgIpc) is 2.72. The zero-order valence-corrected chi connectivity index (χ0v) is 15.9. The number of hydrogen-bond donors (Lipinski definition) is 3. The van der Waals surface area contributed by atoms with Crippen molar-refractivity contribution in [3.05, 3.63) is 53.9 Å². The molecular formula is C19H18F3N3O5. The molecule has 1 aromatic carbocycles. The van der Waals surface area contributed by atoms with Crippen LogP contribution in [0.1, 0.15) is 22.0 Å². The number of urea groups is 1. The summed E-state index contributed by atoms with van der Waals surface area (Å²) in [4.78, 5) is 29.0. The molecule has 30 heavy (non-hydrogen) atoms. The summed E-state index contributed by atoms with van der Waals surface area (Å²) in [6.07, 6.45) is -2.94. The van der Waals surface area contributed by atoms with Crippen molar-refractivity contribution < 1.29 is 37.3 Å². The fraction of sp³-hybridized carbons (Fsp3) is 0.316. The first-order valence-corrected chi connectivity index (χ1v) is 8.66. The summed E-state index contributed by atoms with van der Waals surface area (Å²) in [6.45, 7) is 0. The van der Waals surface area contributed by atoms with Crippen LogP contribution >= 0.6 is 0 Å². The van der Waals surface area contributed by atoms with Crippen LogP contribution in [0, 0.1) is 5.92 Å². The molecule has 1 aliphatic heterocycles. The van der Waals surface area contributed by atoms with Gasteiger partial charge in [0.15, 0.2) is 5.78 Å². The number of rotatable bonds is 5. The van der Waals surface area contributed by atoms with Crippen molar-refractivity contribution in [2.45, 2.75) is 17.9 Å². The minimum Gasteiger partial charge on any atom is -0.497 e. The molecule has 0 spiro atoms. The van der Waals surface area contributed by atoms with Gasteiger partial charge < -0.3 is 25.2 Å². The Kier molecular flexibility index (Phi) is 5.57. The molecule has 2 aromatic rings. The van der Waals surface area contributed by atoms with Crippen LogP contribution in [0.2, 0.25) is 0 Å². The Morgan fingerprint density at radius 3 is 2.53 bits per heavy atom. The Hall–Kier alpha value is -3.34. The number of amides is 2. The number of hydrogen-bond acceptors (Lipinski definition) is 6. The van der Waals surface area contributed by atoms with E-state index in [1.807, 2.05) is 0 Å². The number of ketones is 1. The van der Waals surface area contributed by atoms with Gasteiger partial charge in [-0.25, -0.2) is 4.79 Å². The normalized spacial score (nSPS) is 23.9. The largest absolute Gasteiger partial charge is 0.497 e. The maximum atomic E-state index is 13.9. The fourth-order valence-electron chi connectivity index (χ4n) is 3.37. The van der Waals surface area contributed by atoms with E-state index in [0.29, 0.717) is 0 Å². The molecule has 2 amide bonds. The number of pyridine rings is 1. The highest BCUT2D eigenvalue weighted by molar-refractivity contribution is 6.00. The number of halogens is 3. The number of carbonyl (C=O) groups is 2. The van der Waals surface area contributed by atoms with Gasteiger partial charge in [-0.05, 0) is 30.3 Å². The lowest BCUT2D eigenvalue weighted by atomic mass is 9.77. The van der Waals surface area contributed by atoms with Gasteiger partial charge in [0.1, 0.15) is 17.4 Å². The zero-order chi connectivity index (χ0) is 22.1. The van der Waals surface area contributed by atoms with E-state index < -0.39 is 35.7 Å². The lowest BCUT2D eigenvalue weighted by Crippen LogP contribution is -2.72. The summed E-state index contributed by atoms with van der Waals surface area (Å²) in [5.41, 5.74) is -3.99. The number of benzene rings is 1. The lowest BCUT2D eigenvalue weighted by Gasteiger charge is -2.45. The number of ether oxygens (including phenoxy) is 2. The number of methoxy groups -OCH3 is 2. The Balaban J connectivity index is 2.23. The smallest absolute Gasteiger partial charge is 0.437 e. The van der Waals surface area contributed by atoms with Gasteiger partial charge in [-0.2, -0.15) is 13.2 Å². The van der Waals surface area contributed by atoms with Crippen LogP contribution in [0.3, 0.4) is 0 Å². The summed E-state index contributed by atoms with van der Waals surface area (Å²) < 4.78 is 52.1. The second kappa shape index (κ2) is 7.82. The molecule has 0 saturated carbocycles. The number of Topliss-reactive ketones (excluding diaryl/α,β-unsaturated/α-hetero) is 1. The number of nitrogens with zero attached hydrogens (tertiary/aromatic N) is 1. The predicted octanol–water partition coefficient (Wildman–Crippen LogP) is 2.20. The number of alkyl halides is 3. The SMILES string of the molecule is COc1ccc(OC)c([C@@H]2NC(=O)N[C@](O)(C(F)(F)F)[C@@H]2C(=O)c2cccnc2)c1. The Labute approximate surface area is 169 Å². The van der Waals surface area contributed by atoms with Gasteiger partial charge in [-0.15, -0.1) is 0 Å². The summed E-state index contributed by atoms with van der Waals surface area (Å²) >= 11 is 0. The van der Waals surface area contributed by atoms with Crippen LogP contribution in [-0.2, 0) is 0 Å². The van der Waals surface area contributed by atoms with Gasteiger partial charge in [0.2, 0.25) is 5.72 Å². The molecular weight excluding hydrogens is 407 g/mol. The molecule has 0 bridgehead atoms. The highest BCUT2D eigenvalue weighted by atomic mass is 19.4. The van der Waals surface area contributed by atoms with E-state index in [2.05, 4.69) is 10.3 Å². The van der Waals surface area contributed by atoms with E-state index in [4.69, 9.17) is 9.47 Å². The average molecular weight is 425 g/mol. The maximum absolute atomic E-state index is 13.9. The molecule has 1 fully saturated rings. The molecule has 0 unspecified atom stereocenters. The van der Waals surface area contributed by atoms with Crippen molar-refractivity contribution in [2.75, 3.05) is 14.2 Å².